The molecule has 0 saturated heterocycles. The average Bonchev–Trinajstić information content (AvgIpc) is 1.65. The number of amidine groups is 1. The van der Waals surface area contributed by atoms with Crippen LogP contribution in [-0.4, -0.2) is 11.4 Å². The van der Waals surface area contributed by atoms with Crippen molar-refractivity contribution in [3.05, 3.63) is 0 Å². The maximum atomic E-state index is 5.06. The van der Waals surface area contributed by atoms with E-state index in [4.69, 9.17) is 11.6 Å². The van der Waals surface area contributed by atoms with Crippen molar-refractivity contribution in [2.45, 2.75) is 0 Å². The second-order valence-corrected chi connectivity index (χ2v) is 1.50. The lowest BCUT2D eigenvalue weighted by molar-refractivity contribution is -0.00000148. The summed E-state index contributed by atoms with van der Waals surface area (Å²) < 4.78 is 0. The van der Waals surface area contributed by atoms with Gasteiger partial charge in [-0.1, -0.05) is 11.8 Å². The molecule has 5 heteroatoms. The van der Waals surface area contributed by atoms with Crippen LogP contribution in [0.4, 0.5) is 0 Å². The number of hydrogen-bond donors (Lipinski definition) is 2. The van der Waals surface area contributed by atoms with Gasteiger partial charge in [0, 0.05) is 0 Å². The third-order valence-electron chi connectivity index (χ3n) is 0.336. The van der Waals surface area contributed by atoms with Crippen molar-refractivity contribution in [1.82, 2.24) is 0 Å². The maximum absolute atomic E-state index is 5.06. The summed E-state index contributed by atoms with van der Waals surface area (Å²) in [7, 11) is 0. The molecule has 0 aliphatic heterocycles. The standard InChI is InChI=1S/C2H7N3S.HI/c1-6-2(3)5-4;/h4H2,1H3,(H2,3,5);1H. The van der Waals surface area contributed by atoms with Crippen LogP contribution in [0.2, 0.25) is 0 Å². The monoisotopic (exact) mass is 233 g/mol. The van der Waals surface area contributed by atoms with Gasteiger partial charge in [0.05, 0.1) is 0 Å². The van der Waals surface area contributed by atoms with Gasteiger partial charge in [0.2, 0.25) is 0 Å². The fraction of sp³-hybridized carbons (Fsp3) is 0.500. The number of rotatable bonds is 0. The zero-order valence-corrected chi connectivity index (χ0v) is 6.86. The quantitative estimate of drug-likeness (QED) is 0.151. The number of hydrazone groups is 1. The van der Waals surface area contributed by atoms with Crippen molar-refractivity contribution in [3.8, 4) is 0 Å². The van der Waals surface area contributed by atoms with Crippen molar-refractivity contribution >= 4 is 16.9 Å². The molecule has 0 amide bonds. The summed E-state index contributed by atoms with van der Waals surface area (Å²) in [5.74, 6) is 4.72. The Kier molecular flexibility index (Phi) is 9.39. The Labute approximate surface area is 65.4 Å². The number of halogens is 1. The molecule has 4 N–H and O–H groups in total. The van der Waals surface area contributed by atoms with Gasteiger partial charge in [-0.15, -0.1) is 0 Å². The van der Waals surface area contributed by atoms with E-state index in [1.54, 1.807) is 0 Å². The molecule has 7 heavy (non-hydrogen) atoms. The van der Waals surface area contributed by atoms with Crippen LogP contribution in [0.5, 0.6) is 0 Å². The first kappa shape index (κ1) is 10.4. The lowest BCUT2D eigenvalue weighted by Gasteiger charge is -1.83. The molecular weight excluding hydrogens is 225 g/mol. The molecule has 0 bridgehead atoms. The number of nitrogens with zero attached hydrogens (tertiary/aromatic N) is 1. The Bertz CT molecular complexity index is 68.3. The van der Waals surface area contributed by atoms with Gasteiger partial charge < -0.3 is 35.6 Å². The molecular formula is C2H8IN3S. The Hall–Kier alpha value is 0.350. The minimum absolute atomic E-state index is 0. The van der Waals surface area contributed by atoms with E-state index in [1.165, 1.54) is 11.8 Å². The molecule has 0 aromatic heterocycles. The van der Waals surface area contributed by atoms with E-state index < -0.39 is 0 Å². The van der Waals surface area contributed by atoms with E-state index in [1.807, 2.05) is 6.26 Å². The lowest BCUT2D eigenvalue weighted by Crippen LogP contribution is -3.00. The van der Waals surface area contributed by atoms with Gasteiger partial charge >= 0.3 is 1.43 Å². The van der Waals surface area contributed by atoms with Gasteiger partial charge in [0.15, 0.2) is 5.17 Å². The Morgan fingerprint density at radius 1 is 1.86 bits per heavy atom. The molecule has 0 heterocycles. The summed E-state index contributed by atoms with van der Waals surface area (Å²) in [4.78, 5) is 0. The molecule has 0 aromatic carbocycles. The Morgan fingerprint density at radius 2 is 2.29 bits per heavy atom. The third kappa shape index (κ3) is 6.35. The minimum atomic E-state index is 0. The largest absolute Gasteiger partial charge is 1.00 e. The van der Waals surface area contributed by atoms with Crippen LogP contribution < -0.4 is 35.6 Å². The van der Waals surface area contributed by atoms with Crippen LogP contribution in [0, 0.1) is 0 Å². The molecule has 0 fully saturated rings. The van der Waals surface area contributed by atoms with Crippen LogP contribution in [0.3, 0.4) is 0 Å². The van der Waals surface area contributed by atoms with Crippen LogP contribution in [0.25, 0.3) is 0 Å². The summed E-state index contributed by atoms with van der Waals surface area (Å²) >= 11 is 1.33. The normalized spacial score (nSPS) is 10.1. The van der Waals surface area contributed by atoms with E-state index >= 15 is 0 Å². The molecule has 0 unspecified atom stereocenters. The van der Waals surface area contributed by atoms with E-state index in [0.29, 0.717) is 5.17 Å². The second kappa shape index (κ2) is 6.35. The maximum Gasteiger partial charge on any atom is 1.00 e. The van der Waals surface area contributed by atoms with Crippen LogP contribution in [0.15, 0.2) is 5.10 Å². The fourth-order valence-corrected chi connectivity index (χ4v) is 0.158. The highest BCUT2D eigenvalue weighted by atomic mass is 127. The zero-order valence-electron chi connectivity index (χ0n) is 4.89. The Balaban J connectivity index is -0.000000125. The molecule has 0 aliphatic rings. The smallest absolute Gasteiger partial charge is 1.00 e. The summed E-state index contributed by atoms with van der Waals surface area (Å²) in [5.41, 5.74) is 5.06. The van der Waals surface area contributed by atoms with Gasteiger partial charge in [-0.3, -0.25) is 0 Å². The molecule has 44 valence electrons. The molecule has 0 radical (unpaired) electrons. The zero-order chi connectivity index (χ0) is 4.99. The predicted molar refractivity (Wildman–Crippen MR) is 30.4 cm³/mol. The van der Waals surface area contributed by atoms with E-state index in [2.05, 4.69) is 5.10 Å². The highest BCUT2D eigenvalue weighted by molar-refractivity contribution is 8.13. The van der Waals surface area contributed by atoms with Crippen molar-refractivity contribution < 1.29 is 25.4 Å². The number of nitrogens with two attached hydrogens (primary N) is 2. The first-order valence-electron chi connectivity index (χ1n) is 1.38. The van der Waals surface area contributed by atoms with Crippen LogP contribution in [0.1, 0.15) is 1.43 Å². The van der Waals surface area contributed by atoms with Crippen LogP contribution >= 0.6 is 11.8 Å². The van der Waals surface area contributed by atoms with Crippen molar-refractivity contribution in [1.29, 1.82) is 0 Å². The summed E-state index contributed by atoms with van der Waals surface area (Å²) in [6.45, 7) is 0. The first-order valence-corrected chi connectivity index (χ1v) is 2.61. The van der Waals surface area contributed by atoms with Gasteiger partial charge in [0.25, 0.3) is 0 Å². The van der Waals surface area contributed by atoms with Gasteiger partial charge in [-0.25, -0.2) is 0 Å². The highest BCUT2D eigenvalue weighted by Gasteiger charge is 1.77. The molecule has 0 spiro atoms. The van der Waals surface area contributed by atoms with Crippen LogP contribution in [-0.2, 0) is 0 Å². The summed E-state index contributed by atoms with van der Waals surface area (Å²) in [5, 5.41) is 3.58. The fourth-order valence-electron chi connectivity index (χ4n) is 0.0527. The predicted octanol–water partition coefficient (Wildman–Crippen LogP) is -3.35. The number of thioether (sulfide) groups is 1. The lowest BCUT2D eigenvalue weighted by atomic mass is 11.4. The molecule has 3 nitrogen and oxygen atoms in total. The van der Waals surface area contributed by atoms with Crippen molar-refractivity contribution in [2.24, 2.45) is 16.7 Å². The Morgan fingerprint density at radius 3 is 2.29 bits per heavy atom. The van der Waals surface area contributed by atoms with Crippen molar-refractivity contribution in [2.75, 3.05) is 6.26 Å². The molecule has 0 atom stereocenters. The SMILES string of the molecule is CS/C(N)=N\N.[H+].[I-]. The van der Waals surface area contributed by atoms with Gasteiger partial charge in [-0.2, -0.15) is 5.10 Å². The molecule has 0 saturated carbocycles. The summed E-state index contributed by atoms with van der Waals surface area (Å²) in [6.07, 6.45) is 1.81. The van der Waals surface area contributed by atoms with E-state index in [0.717, 1.165) is 0 Å². The second-order valence-electron chi connectivity index (χ2n) is 0.671. The summed E-state index contributed by atoms with van der Waals surface area (Å²) in [6, 6.07) is 0. The molecule has 0 aromatic rings. The minimum Gasteiger partial charge on any atom is -1.00 e. The van der Waals surface area contributed by atoms with E-state index in [-0.39, 0.29) is 25.4 Å². The molecule has 0 aliphatic carbocycles. The highest BCUT2D eigenvalue weighted by Crippen LogP contribution is 1.85. The van der Waals surface area contributed by atoms with E-state index in [9.17, 15) is 0 Å². The van der Waals surface area contributed by atoms with Gasteiger partial charge in [0.1, 0.15) is 0 Å². The topological polar surface area (TPSA) is 64.4 Å². The first-order chi connectivity index (χ1) is 2.81. The van der Waals surface area contributed by atoms with Gasteiger partial charge in [-0.05, 0) is 6.26 Å². The average molecular weight is 233 g/mol. The number of hydrogen-bond acceptors (Lipinski definition) is 3. The third-order valence-corrected chi connectivity index (χ3v) is 0.860. The molecule has 0 rings (SSSR count). The van der Waals surface area contributed by atoms with Crippen molar-refractivity contribution in [3.63, 3.8) is 0 Å².